The van der Waals surface area contributed by atoms with Gasteiger partial charge < -0.3 is 4.98 Å². The summed E-state index contributed by atoms with van der Waals surface area (Å²) >= 11 is 4.31. The molecule has 1 heterocycles. The molecule has 0 amide bonds. The van der Waals surface area contributed by atoms with Crippen LogP contribution in [0.5, 0.6) is 0 Å². The van der Waals surface area contributed by atoms with Crippen LogP contribution in [0.3, 0.4) is 0 Å². The van der Waals surface area contributed by atoms with Crippen LogP contribution < -0.4 is 0 Å². The molecule has 0 aliphatic heterocycles. The maximum absolute atomic E-state index is 4.31. The molecule has 0 bridgehead atoms. The van der Waals surface area contributed by atoms with Gasteiger partial charge in [-0.3, -0.25) is 0 Å². The predicted octanol–water partition coefficient (Wildman–Crippen LogP) is 3.28. The maximum atomic E-state index is 4.31. The Morgan fingerprint density at radius 1 is 1.36 bits per heavy atom. The molecule has 0 fully saturated rings. The average Bonchev–Trinajstić information content (AvgIpc) is 2.62. The minimum Gasteiger partial charge on any atom is -0.361 e. The topological polar surface area (TPSA) is 15.8 Å². The molecule has 74 valence electrons. The van der Waals surface area contributed by atoms with E-state index in [0.717, 1.165) is 12.2 Å². The number of para-hydroxylation sites is 1. The van der Waals surface area contributed by atoms with Gasteiger partial charge in [-0.1, -0.05) is 25.1 Å². The summed E-state index contributed by atoms with van der Waals surface area (Å²) in [6.07, 6.45) is 3.22. The summed E-state index contributed by atoms with van der Waals surface area (Å²) in [5.41, 5.74) is 2.64. The lowest BCUT2D eigenvalue weighted by molar-refractivity contribution is 0.663. The lowest BCUT2D eigenvalue weighted by Crippen LogP contribution is -1.99. The van der Waals surface area contributed by atoms with E-state index in [1.807, 2.05) is 0 Å². The van der Waals surface area contributed by atoms with Crippen LogP contribution in [-0.4, -0.2) is 10.7 Å². The molecule has 14 heavy (non-hydrogen) atoms. The fourth-order valence-corrected chi connectivity index (χ4v) is 1.87. The first-order chi connectivity index (χ1) is 6.81. The molecule has 1 aromatic carbocycles. The molecule has 0 saturated heterocycles. The van der Waals surface area contributed by atoms with Gasteiger partial charge in [0, 0.05) is 17.1 Å². The largest absolute Gasteiger partial charge is 0.361 e. The molecule has 0 aliphatic rings. The number of rotatable bonds is 3. The zero-order valence-electron chi connectivity index (χ0n) is 8.33. The van der Waals surface area contributed by atoms with Crippen LogP contribution in [0.1, 0.15) is 12.5 Å². The van der Waals surface area contributed by atoms with Gasteiger partial charge in [-0.25, -0.2) is 0 Å². The zero-order chi connectivity index (χ0) is 9.97. The highest BCUT2D eigenvalue weighted by atomic mass is 32.1. The first-order valence-corrected chi connectivity index (χ1v) is 5.60. The van der Waals surface area contributed by atoms with E-state index in [-0.39, 0.29) is 0 Å². The normalized spacial score (nSPS) is 13.3. The van der Waals surface area contributed by atoms with Crippen LogP contribution in [0.25, 0.3) is 10.9 Å². The summed E-state index contributed by atoms with van der Waals surface area (Å²) in [7, 11) is 0. The molecule has 2 heteroatoms. The number of aromatic nitrogens is 1. The minimum absolute atomic E-state index is 0.637. The van der Waals surface area contributed by atoms with Gasteiger partial charge in [-0.05, 0) is 29.7 Å². The van der Waals surface area contributed by atoms with E-state index in [2.05, 4.69) is 55.0 Å². The number of benzene rings is 1. The van der Waals surface area contributed by atoms with Crippen molar-refractivity contribution in [2.45, 2.75) is 13.3 Å². The van der Waals surface area contributed by atoms with E-state index in [1.165, 1.54) is 16.5 Å². The smallest absolute Gasteiger partial charge is 0.0456 e. The summed E-state index contributed by atoms with van der Waals surface area (Å²) in [6, 6.07) is 8.44. The van der Waals surface area contributed by atoms with Crippen molar-refractivity contribution in [2.75, 3.05) is 5.75 Å². The van der Waals surface area contributed by atoms with Crippen molar-refractivity contribution in [2.24, 2.45) is 5.92 Å². The number of hydrogen-bond acceptors (Lipinski definition) is 1. The standard InChI is InChI=1S/C12H15NS/c1-9(8-14)6-10-7-13-12-5-3-2-4-11(10)12/h2-5,7,9,13-14H,6,8H2,1H3/t9-/m0/s1. The number of H-pyrrole nitrogens is 1. The molecule has 0 spiro atoms. The summed E-state index contributed by atoms with van der Waals surface area (Å²) in [6.45, 7) is 2.23. The van der Waals surface area contributed by atoms with Gasteiger partial charge in [-0.2, -0.15) is 12.6 Å². The van der Waals surface area contributed by atoms with Gasteiger partial charge in [0.15, 0.2) is 0 Å². The summed E-state index contributed by atoms with van der Waals surface area (Å²) in [4.78, 5) is 3.29. The molecule has 1 nitrogen and oxygen atoms in total. The summed E-state index contributed by atoms with van der Waals surface area (Å²) in [5, 5.41) is 1.35. The highest BCUT2D eigenvalue weighted by molar-refractivity contribution is 7.80. The van der Waals surface area contributed by atoms with E-state index in [9.17, 15) is 0 Å². The Hall–Kier alpha value is -0.890. The van der Waals surface area contributed by atoms with Crippen LogP contribution in [0.15, 0.2) is 30.5 Å². The van der Waals surface area contributed by atoms with Crippen LogP contribution in [0.4, 0.5) is 0 Å². The Morgan fingerprint density at radius 2 is 2.14 bits per heavy atom. The Kier molecular flexibility index (Phi) is 2.82. The van der Waals surface area contributed by atoms with E-state index in [0.29, 0.717) is 5.92 Å². The molecule has 1 atom stereocenters. The van der Waals surface area contributed by atoms with Crippen LogP contribution >= 0.6 is 12.6 Å². The number of thiol groups is 1. The second-order valence-electron chi connectivity index (χ2n) is 3.85. The number of fused-ring (bicyclic) bond motifs is 1. The molecular weight excluding hydrogens is 190 g/mol. The molecule has 1 aromatic heterocycles. The van der Waals surface area contributed by atoms with E-state index in [1.54, 1.807) is 0 Å². The molecular formula is C12H15NS. The maximum Gasteiger partial charge on any atom is 0.0456 e. The molecule has 0 radical (unpaired) electrons. The van der Waals surface area contributed by atoms with Gasteiger partial charge in [0.05, 0.1) is 0 Å². The highest BCUT2D eigenvalue weighted by Crippen LogP contribution is 2.20. The molecule has 0 unspecified atom stereocenters. The monoisotopic (exact) mass is 205 g/mol. The van der Waals surface area contributed by atoms with Crippen molar-refractivity contribution in [3.63, 3.8) is 0 Å². The molecule has 0 aliphatic carbocycles. The Bertz CT molecular complexity index is 419. The Labute approximate surface area is 89.9 Å². The third-order valence-corrected chi connectivity index (χ3v) is 3.18. The summed E-state index contributed by atoms with van der Waals surface area (Å²) in [5.74, 6) is 1.58. The quantitative estimate of drug-likeness (QED) is 0.715. The van der Waals surface area contributed by atoms with Gasteiger partial charge in [0.1, 0.15) is 0 Å². The third-order valence-electron chi connectivity index (χ3n) is 2.55. The van der Waals surface area contributed by atoms with E-state index < -0.39 is 0 Å². The molecule has 2 rings (SSSR count). The lowest BCUT2D eigenvalue weighted by Gasteiger charge is -2.05. The van der Waals surface area contributed by atoms with E-state index in [4.69, 9.17) is 0 Å². The predicted molar refractivity (Wildman–Crippen MR) is 65.0 cm³/mol. The zero-order valence-corrected chi connectivity index (χ0v) is 9.22. The molecule has 0 saturated carbocycles. The van der Waals surface area contributed by atoms with Gasteiger partial charge in [-0.15, -0.1) is 0 Å². The second kappa shape index (κ2) is 4.09. The highest BCUT2D eigenvalue weighted by Gasteiger charge is 2.06. The van der Waals surface area contributed by atoms with Crippen LogP contribution in [0.2, 0.25) is 0 Å². The van der Waals surface area contributed by atoms with Crippen molar-refractivity contribution < 1.29 is 0 Å². The molecule has 1 N–H and O–H groups in total. The van der Waals surface area contributed by atoms with Crippen molar-refractivity contribution in [3.8, 4) is 0 Å². The van der Waals surface area contributed by atoms with Crippen LogP contribution in [-0.2, 0) is 6.42 Å². The first kappa shape index (κ1) is 9.66. The van der Waals surface area contributed by atoms with Gasteiger partial charge in [0.2, 0.25) is 0 Å². The van der Waals surface area contributed by atoms with Crippen molar-refractivity contribution in [3.05, 3.63) is 36.0 Å². The average molecular weight is 205 g/mol. The third kappa shape index (κ3) is 1.80. The lowest BCUT2D eigenvalue weighted by atomic mass is 10.0. The van der Waals surface area contributed by atoms with Crippen molar-refractivity contribution in [1.29, 1.82) is 0 Å². The summed E-state index contributed by atoms with van der Waals surface area (Å²) < 4.78 is 0. The molecule has 2 aromatic rings. The minimum atomic E-state index is 0.637. The first-order valence-electron chi connectivity index (χ1n) is 4.97. The second-order valence-corrected chi connectivity index (χ2v) is 4.22. The fourth-order valence-electron chi connectivity index (χ4n) is 1.74. The number of nitrogens with one attached hydrogen (secondary N) is 1. The van der Waals surface area contributed by atoms with E-state index >= 15 is 0 Å². The van der Waals surface area contributed by atoms with Gasteiger partial charge in [0.25, 0.3) is 0 Å². The number of hydrogen-bond donors (Lipinski definition) is 2. The fraction of sp³-hybridized carbons (Fsp3) is 0.333. The van der Waals surface area contributed by atoms with Crippen molar-refractivity contribution >= 4 is 23.5 Å². The SMILES string of the molecule is C[C@H](CS)Cc1c[nH]c2ccccc12. The van der Waals surface area contributed by atoms with Crippen molar-refractivity contribution in [1.82, 2.24) is 4.98 Å². The Morgan fingerprint density at radius 3 is 2.93 bits per heavy atom. The van der Waals surface area contributed by atoms with Gasteiger partial charge >= 0.3 is 0 Å². The number of aromatic amines is 1. The van der Waals surface area contributed by atoms with Crippen LogP contribution in [0, 0.1) is 5.92 Å². The Balaban J connectivity index is 2.33.